The maximum Gasteiger partial charge on any atom is 0.454 e. The molecule has 0 aliphatic carbocycles. The molecule has 0 amide bonds. The predicted molar refractivity (Wildman–Crippen MR) is 108 cm³/mol. The van der Waals surface area contributed by atoms with Gasteiger partial charge in [-0.3, -0.25) is 9.78 Å². The molecule has 1 aliphatic heterocycles. The number of halogens is 3. The van der Waals surface area contributed by atoms with Crippen molar-refractivity contribution in [1.82, 2.24) is 4.98 Å². The van der Waals surface area contributed by atoms with Gasteiger partial charge in [-0.25, -0.2) is 0 Å². The second-order valence-electron chi connectivity index (χ2n) is 7.36. The monoisotopic (exact) mass is 398 g/mol. The molecule has 3 aromatic rings. The van der Waals surface area contributed by atoms with E-state index in [-0.39, 0.29) is 11.3 Å². The average molecular weight is 398 g/mol. The van der Waals surface area contributed by atoms with Crippen LogP contribution in [-0.2, 0) is 0 Å². The first kappa shape index (κ1) is 19.4. The number of rotatable bonds is 3. The molecule has 0 bridgehead atoms. The van der Waals surface area contributed by atoms with Crippen molar-refractivity contribution in [2.45, 2.75) is 32.4 Å². The molecule has 6 heteroatoms. The molecule has 0 saturated carbocycles. The van der Waals surface area contributed by atoms with Gasteiger partial charge in [0.25, 0.3) is 5.78 Å². The molecule has 1 aromatic heterocycles. The third-order valence-corrected chi connectivity index (χ3v) is 5.42. The SMILES string of the molecule is Cc1nc2c(N3CCCCC3)cccc2c(-c2ccccc2)c1C(=O)C(F)(F)F. The smallest absolute Gasteiger partial charge is 0.370 e. The summed E-state index contributed by atoms with van der Waals surface area (Å²) in [5, 5.41) is 0.567. The van der Waals surface area contributed by atoms with Gasteiger partial charge < -0.3 is 4.90 Å². The molecular formula is C23H21F3N2O. The topological polar surface area (TPSA) is 33.2 Å². The van der Waals surface area contributed by atoms with Crippen LogP contribution in [0, 0.1) is 6.92 Å². The van der Waals surface area contributed by atoms with Gasteiger partial charge >= 0.3 is 6.18 Å². The number of para-hydroxylation sites is 1. The highest BCUT2D eigenvalue weighted by Gasteiger charge is 2.42. The standard InChI is InChI=1S/C23H21F3N2O/c1-15-19(22(29)23(24,25)26)20(16-9-4-2-5-10-16)17-11-8-12-18(21(17)27-15)28-13-6-3-7-14-28/h2,4-5,8-12H,3,6-7,13-14H2,1H3. The molecule has 0 unspecified atom stereocenters. The molecule has 1 saturated heterocycles. The van der Waals surface area contributed by atoms with E-state index in [9.17, 15) is 18.0 Å². The Kier molecular flexibility index (Phi) is 5.03. The summed E-state index contributed by atoms with van der Waals surface area (Å²) in [7, 11) is 0. The van der Waals surface area contributed by atoms with Crippen LogP contribution in [0.2, 0.25) is 0 Å². The van der Waals surface area contributed by atoms with Crippen LogP contribution in [0.4, 0.5) is 18.9 Å². The number of nitrogens with zero attached hydrogens (tertiary/aromatic N) is 2. The molecule has 2 heterocycles. The largest absolute Gasteiger partial charge is 0.454 e. The Labute approximate surface area is 167 Å². The van der Waals surface area contributed by atoms with Crippen LogP contribution in [-0.4, -0.2) is 30.0 Å². The highest BCUT2D eigenvalue weighted by molar-refractivity contribution is 6.14. The molecule has 0 N–H and O–H groups in total. The van der Waals surface area contributed by atoms with Crippen LogP contribution in [0.1, 0.15) is 35.3 Å². The molecule has 2 aromatic carbocycles. The Balaban J connectivity index is 2.04. The van der Waals surface area contributed by atoms with Crippen molar-refractivity contribution in [1.29, 1.82) is 0 Å². The minimum atomic E-state index is -4.96. The van der Waals surface area contributed by atoms with Crippen molar-refractivity contribution in [3.63, 3.8) is 0 Å². The van der Waals surface area contributed by atoms with Gasteiger partial charge in [0.2, 0.25) is 0 Å². The van der Waals surface area contributed by atoms with Crippen molar-refractivity contribution < 1.29 is 18.0 Å². The van der Waals surface area contributed by atoms with Crippen molar-refractivity contribution in [2.75, 3.05) is 18.0 Å². The Bertz CT molecular complexity index is 1060. The lowest BCUT2D eigenvalue weighted by atomic mass is 9.91. The fraction of sp³-hybridized carbons (Fsp3) is 0.304. The maximum atomic E-state index is 13.4. The Morgan fingerprint density at radius 3 is 2.31 bits per heavy atom. The first-order valence-electron chi connectivity index (χ1n) is 9.73. The number of anilines is 1. The van der Waals surface area contributed by atoms with Gasteiger partial charge in [0, 0.05) is 29.7 Å². The molecule has 0 atom stereocenters. The van der Waals surface area contributed by atoms with E-state index in [2.05, 4.69) is 9.88 Å². The number of aryl methyl sites for hydroxylation is 1. The fourth-order valence-electron chi connectivity index (χ4n) is 4.10. The molecule has 4 rings (SSSR count). The van der Waals surface area contributed by atoms with E-state index in [1.165, 1.54) is 13.3 Å². The number of ketones is 1. The van der Waals surface area contributed by atoms with E-state index in [1.54, 1.807) is 36.4 Å². The summed E-state index contributed by atoms with van der Waals surface area (Å²) >= 11 is 0. The number of carbonyl (C=O) groups is 1. The zero-order valence-corrected chi connectivity index (χ0v) is 16.1. The molecule has 0 spiro atoms. The Hall–Kier alpha value is -2.89. The summed E-state index contributed by atoms with van der Waals surface area (Å²) in [5.74, 6) is -1.85. The van der Waals surface area contributed by atoms with Gasteiger partial charge in [0.15, 0.2) is 0 Å². The quantitative estimate of drug-likeness (QED) is 0.512. The van der Waals surface area contributed by atoms with Crippen molar-refractivity contribution >= 4 is 22.4 Å². The maximum absolute atomic E-state index is 13.4. The van der Waals surface area contributed by atoms with Crippen LogP contribution in [0.25, 0.3) is 22.0 Å². The first-order chi connectivity index (χ1) is 13.9. The summed E-state index contributed by atoms with van der Waals surface area (Å²) in [6.45, 7) is 3.27. The Morgan fingerprint density at radius 1 is 0.966 bits per heavy atom. The number of alkyl halides is 3. The fourth-order valence-corrected chi connectivity index (χ4v) is 4.10. The molecule has 1 fully saturated rings. The van der Waals surface area contributed by atoms with Gasteiger partial charge in [-0.15, -0.1) is 0 Å². The highest BCUT2D eigenvalue weighted by atomic mass is 19.4. The predicted octanol–water partition coefficient (Wildman–Crippen LogP) is 5.95. The van der Waals surface area contributed by atoms with Crippen molar-refractivity contribution in [3.8, 4) is 11.1 Å². The van der Waals surface area contributed by atoms with E-state index in [1.807, 2.05) is 12.1 Å². The number of benzene rings is 2. The third-order valence-electron chi connectivity index (χ3n) is 5.42. The molecule has 150 valence electrons. The van der Waals surface area contributed by atoms with Crippen LogP contribution in [0.3, 0.4) is 0 Å². The van der Waals surface area contributed by atoms with E-state index in [0.717, 1.165) is 31.6 Å². The number of piperidine rings is 1. The van der Waals surface area contributed by atoms with E-state index < -0.39 is 12.0 Å². The van der Waals surface area contributed by atoms with E-state index in [4.69, 9.17) is 0 Å². The van der Waals surface area contributed by atoms with Gasteiger partial charge in [-0.05, 0) is 37.8 Å². The lowest BCUT2D eigenvalue weighted by Gasteiger charge is -2.30. The lowest BCUT2D eigenvalue weighted by Crippen LogP contribution is -2.30. The minimum absolute atomic E-state index is 0.100. The first-order valence-corrected chi connectivity index (χ1v) is 9.73. The minimum Gasteiger partial charge on any atom is -0.370 e. The average Bonchev–Trinajstić information content (AvgIpc) is 2.72. The summed E-state index contributed by atoms with van der Waals surface area (Å²) in [6, 6.07) is 14.3. The summed E-state index contributed by atoms with van der Waals surface area (Å²) < 4.78 is 40.2. The van der Waals surface area contributed by atoms with Crippen LogP contribution in [0.15, 0.2) is 48.5 Å². The summed E-state index contributed by atoms with van der Waals surface area (Å²) in [4.78, 5) is 19.1. The highest BCUT2D eigenvalue weighted by Crippen LogP contribution is 2.39. The number of hydrogen-bond acceptors (Lipinski definition) is 3. The molecule has 0 radical (unpaired) electrons. The van der Waals surface area contributed by atoms with Gasteiger partial charge in [0.05, 0.1) is 16.8 Å². The number of fused-ring (bicyclic) bond motifs is 1. The normalized spacial score (nSPS) is 15.0. The number of Topliss-reactive ketones (excluding diaryl/α,β-unsaturated/α-hetero) is 1. The summed E-state index contributed by atoms with van der Waals surface area (Å²) in [6.07, 6.45) is -1.64. The zero-order valence-electron chi connectivity index (χ0n) is 16.1. The second-order valence-corrected chi connectivity index (χ2v) is 7.36. The Morgan fingerprint density at radius 2 is 1.66 bits per heavy atom. The second kappa shape index (κ2) is 7.50. The van der Waals surface area contributed by atoms with Crippen molar-refractivity contribution in [3.05, 3.63) is 59.8 Å². The van der Waals surface area contributed by atoms with Gasteiger partial charge in [-0.2, -0.15) is 13.2 Å². The number of aromatic nitrogens is 1. The van der Waals surface area contributed by atoms with E-state index >= 15 is 0 Å². The van der Waals surface area contributed by atoms with Crippen LogP contribution < -0.4 is 4.90 Å². The molecular weight excluding hydrogens is 377 g/mol. The number of hydrogen-bond donors (Lipinski definition) is 0. The number of pyridine rings is 1. The zero-order chi connectivity index (χ0) is 20.6. The van der Waals surface area contributed by atoms with Crippen LogP contribution >= 0.6 is 0 Å². The van der Waals surface area contributed by atoms with Crippen LogP contribution in [0.5, 0.6) is 0 Å². The molecule has 1 aliphatic rings. The van der Waals surface area contributed by atoms with Gasteiger partial charge in [-0.1, -0.05) is 42.5 Å². The summed E-state index contributed by atoms with van der Waals surface area (Å²) in [5.41, 5.74) is 2.16. The number of carbonyl (C=O) groups excluding carboxylic acids is 1. The third kappa shape index (κ3) is 3.59. The van der Waals surface area contributed by atoms with Gasteiger partial charge in [0.1, 0.15) is 0 Å². The van der Waals surface area contributed by atoms with E-state index in [0.29, 0.717) is 22.0 Å². The lowest BCUT2D eigenvalue weighted by molar-refractivity contribution is -0.0885. The molecule has 3 nitrogen and oxygen atoms in total. The molecule has 29 heavy (non-hydrogen) atoms. The van der Waals surface area contributed by atoms with Crippen molar-refractivity contribution in [2.24, 2.45) is 0 Å².